The molecule has 1 aliphatic carbocycles. The smallest absolute Gasteiger partial charge is 0.311 e. The number of nitrogens with one attached hydrogen (secondary N) is 2. The van der Waals surface area contributed by atoms with Gasteiger partial charge in [-0.2, -0.15) is 0 Å². The zero-order valence-electron chi connectivity index (χ0n) is 10.1. The summed E-state index contributed by atoms with van der Waals surface area (Å²) in [4.78, 5) is 30.0. The molecule has 0 atom stereocenters. The normalized spacial score (nSPS) is 16.2. The van der Waals surface area contributed by atoms with Crippen molar-refractivity contribution in [3.05, 3.63) is 30.1 Å². The fourth-order valence-corrected chi connectivity index (χ4v) is 2.05. The topological polar surface area (TPSA) is 95.1 Å². The lowest BCUT2D eigenvalue weighted by Crippen LogP contribution is -2.34. The van der Waals surface area contributed by atoms with E-state index >= 15 is 0 Å². The molecule has 19 heavy (non-hydrogen) atoms. The zero-order valence-corrected chi connectivity index (χ0v) is 10.1. The van der Waals surface area contributed by atoms with E-state index in [0.29, 0.717) is 18.4 Å². The summed E-state index contributed by atoms with van der Waals surface area (Å²) < 4.78 is 0. The van der Waals surface area contributed by atoms with Gasteiger partial charge in [-0.25, -0.2) is 4.98 Å². The number of rotatable bonds is 4. The number of benzene rings is 1. The van der Waals surface area contributed by atoms with Crippen molar-refractivity contribution < 1.29 is 14.7 Å². The third-order valence-electron chi connectivity index (χ3n) is 3.58. The Morgan fingerprint density at radius 2 is 2.21 bits per heavy atom. The number of fused-ring (bicyclic) bond motifs is 1. The molecule has 0 radical (unpaired) electrons. The number of carbonyl (C=O) groups excluding carboxylic acids is 1. The molecular weight excluding hydrogens is 246 g/mol. The molecular formula is C13H13N3O3. The number of aliphatic carboxylic acids is 1. The molecule has 6 nitrogen and oxygen atoms in total. The monoisotopic (exact) mass is 259 g/mol. The number of hydrogen-bond donors (Lipinski definition) is 3. The van der Waals surface area contributed by atoms with Crippen LogP contribution in [0.4, 0.5) is 0 Å². The molecule has 98 valence electrons. The van der Waals surface area contributed by atoms with Gasteiger partial charge in [-0.05, 0) is 31.0 Å². The van der Waals surface area contributed by atoms with Crippen molar-refractivity contribution in [2.24, 2.45) is 5.41 Å². The number of carbonyl (C=O) groups is 2. The average Bonchev–Trinajstić information content (AvgIpc) is 3.06. The van der Waals surface area contributed by atoms with Crippen molar-refractivity contribution in [1.82, 2.24) is 15.3 Å². The van der Waals surface area contributed by atoms with E-state index in [2.05, 4.69) is 15.3 Å². The van der Waals surface area contributed by atoms with E-state index in [1.807, 2.05) is 0 Å². The summed E-state index contributed by atoms with van der Waals surface area (Å²) in [5.74, 6) is -1.10. The number of H-pyrrole nitrogens is 1. The van der Waals surface area contributed by atoms with Crippen LogP contribution in [-0.4, -0.2) is 33.5 Å². The van der Waals surface area contributed by atoms with Gasteiger partial charge in [0.15, 0.2) is 0 Å². The third kappa shape index (κ3) is 2.05. The molecule has 0 bridgehead atoms. The highest BCUT2D eigenvalue weighted by Crippen LogP contribution is 2.45. The van der Waals surface area contributed by atoms with Gasteiger partial charge in [0.1, 0.15) is 0 Å². The Morgan fingerprint density at radius 1 is 1.42 bits per heavy atom. The van der Waals surface area contributed by atoms with Crippen LogP contribution in [0.25, 0.3) is 11.0 Å². The minimum atomic E-state index is -0.836. The maximum Gasteiger partial charge on any atom is 0.311 e. The summed E-state index contributed by atoms with van der Waals surface area (Å²) in [7, 11) is 0. The van der Waals surface area contributed by atoms with E-state index in [-0.39, 0.29) is 12.5 Å². The minimum absolute atomic E-state index is 0.183. The van der Waals surface area contributed by atoms with Crippen LogP contribution in [0.1, 0.15) is 23.2 Å². The van der Waals surface area contributed by atoms with E-state index < -0.39 is 11.4 Å². The van der Waals surface area contributed by atoms with Crippen molar-refractivity contribution in [3.63, 3.8) is 0 Å². The summed E-state index contributed by atoms with van der Waals surface area (Å²) in [5, 5.41) is 11.7. The second-order valence-electron chi connectivity index (χ2n) is 4.90. The fraction of sp³-hybridized carbons (Fsp3) is 0.308. The lowest BCUT2D eigenvalue weighted by atomic mass is 10.1. The van der Waals surface area contributed by atoms with Crippen molar-refractivity contribution in [3.8, 4) is 0 Å². The van der Waals surface area contributed by atoms with Gasteiger partial charge in [-0.1, -0.05) is 0 Å². The van der Waals surface area contributed by atoms with Crippen LogP contribution in [0, 0.1) is 5.41 Å². The molecule has 1 aromatic carbocycles. The highest BCUT2D eigenvalue weighted by atomic mass is 16.4. The van der Waals surface area contributed by atoms with Crippen LogP contribution in [-0.2, 0) is 4.79 Å². The summed E-state index contributed by atoms with van der Waals surface area (Å²) in [5.41, 5.74) is 1.33. The Morgan fingerprint density at radius 3 is 2.89 bits per heavy atom. The molecule has 0 saturated heterocycles. The first-order valence-corrected chi connectivity index (χ1v) is 6.05. The van der Waals surface area contributed by atoms with Crippen molar-refractivity contribution in [2.45, 2.75) is 12.8 Å². The first-order valence-electron chi connectivity index (χ1n) is 6.05. The van der Waals surface area contributed by atoms with E-state index in [4.69, 9.17) is 5.11 Å². The maximum absolute atomic E-state index is 12.0. The second-order valence-corrected chi connectivity index (χ2v) is 4.90. The van der Waals surface area contributed by atoms with Crippen LogP contribution in [0.2, 0.25) is 0 Å². The van der Waals surface area contributed by atoms with Crippen LogP contribution >= 0.6 is 0 Å². The first-order chi connectivity index (χ1) is 9.11. The number of carboxylic acid groups (broad SMARTS) is 1. The number of carboxylic acids is 1. The standard InChI is InChI=1S/C13H13N3O3/c17-11(14-6-13(3-4-13)12(18)19)8-1-2-9-10(5-8)16-7-15-9/h1-2,5,7H,3-4,6H2,(H,14,17)(H,15,16)(H,18,19). The lowest BCUT2D eigenvalue weighted by Gasteiger charge is -2.11. The predicted octanol–water partition coefficient (Wildman–Crippen LogP) is 1.16. The largest absolute Gasteiger partial charge is 0.481 e. The van der Waals surface area contributed by atoms with Gasteiger partial charge in [0, 0.05) is 12.1 Å². The number of aromatic nitrogens is 2. The Kier molecular flexibility index (Phi) is 2.51. The Hall–Kier alpha value is -2.37. The van der Waals surface area contributed by atoms with Crippen molar-refractivity contribution >= 4 is 22.9 Å². The van der Waals surface area contributed by atoms with Crippen molar-refractivity contribution in [1.29, 1.82) is 0 Å². The molecule has 1 amide bonds. The van der Waals surface area contributed by atoms with Gasteiger partial charge in [0.05, 0.1) is 22.8 Å². The molecule has 0 unspecified atom stereocenters. The predicted molar refractivity (Wildman–Crippen MR) is 67.7 cm³/mol. The first kappa shape index (κ1) is 11.7. The van der Waals surface area contributed by atoms with Gasteiger partial charge in [0.2, 0.25) is 0 Å². The molecule has 3 N–H and O–H groups in total. The van der Waals surface area contributed by atoms with Crippen LogP contribution in [0.3, 0.4) is 0 Å². The molecule has 6 heteroatoms. The molecule has 2 aromatic rings. The molecule has 0 aliphatic heterocycles. The zero-order chi connectivity index (χ0) is 13.5. The number of nitrogens with zero attached hydrogens (tertiary/aromatic N) is 1. The molecule has 1 saturated carbocycles. The SMILES string of the molecule is O=C(NCC1(C(=O)O)CC1)c1ccc2nc[nH]c2c1. The third-order valence-corrected chi connectivity index (χ3v) is 3.58. The molecule has 1 fully saturated rings. The Labute approximate surface area is 108 Å². The quantitative estimate of drug-likeness (QED) is 0.767. The summed E-state index contributed by atoms with van der Waals surface area (Å²) in [6.07, 6.45) is 2.82. The van der Waals surface area contributed by atoms with E-state index in [1.54, 1.807) is 24.5 Å². The van der Waals surface area contributed by atoms with Gasteiger partial charge < -0.3 is 15.4 Å². The molecule has 1 aromatic heterocycles. The van der Waals surface area contributed by atoms with E-state index in [0.717, 1.165) is 11.0 Å². The average molecular weight is 259 g/mol. The highest BCUT2D eigenvalue weighted by molar-refractivity contribution is 5.97. The van der Waals surface area contributed by atoms with Crippen LogP contribution in [0.15, 0.2) is 24.5 Å². The molecule has 3 rings (SSSR count). The molecule has 0 spiro atoms. The van der Waals surface area contributed by atoms with E-state index in [9.17, 15) is 9.59 Å². The van der Waals surface area contributed by atoms with Gasteiger partial charge in [-0.3, -0.25) is 9.59 Å². The maximum atomic E-state index is 12.0. The summed E-state index contributed by atoms with van der Waals surface area (Å²) >= 11 is 0. The van der Waals surface area contributed by atoms with Gasteiger partial charge in [0.25, 0.3) is 5.91 Å². The molecule has 1 heterocycles. The minimum Gasteiger partial charge on any atom is -0.481 e. The number of aromatic amines is 1. The number of imidazole rings is 1. The number of amides is 1. The Balaban J connectivity index is 1.71. The fourth-order valence-electron chi connectivity index (χ4n) is 2.05. The van der Waals surface area contributed by atoms with E-state index in [1.165, 1.54) is 0 Å². The summed E-state index contributed by atoms with van der Waals surface area (Å²) in [6, 6.07) is 5.14. The van der Waals surface area contributed by atoms with Crippen molar-refractivity contribution in [2.75, 3.05) is 6.54 Å². The second kappa shape index (κ2) is 4.08. The summed E-state index contributed by atoms with van der Waals surface area (Å²) in [6.45, 7) is 0.183. The lowest BCUT2D eigenvalue weighted by molar-refractivity contribution is -0.143. The van der Waals surface area contributed by atoms with Crippen LogP contribution in [0.5, 0.6) is 0 Å². The Bertz CT molecular complexity index is 658. The van der Waals surface area contributed by atoms with Crippen LogP contribution < -0.4 is 5.32 Å². The highest BCUT2D eigenvalue weighted by Gasteiger charge is 2.50. The van der Waals surface area contributed by atoms with Gasteiger partial charge in [-0.15, -0.1) is 0 Å². The van der Waals surface area contributed by atoms with Gasteiger partial charge >= 0.3 is 5.97 Å². The molecule has 1 aliphatic rings. The number of hydrogen-bond acceptors (Lipinski definition) is 3.